The summed E-state index contributed by atoms with van der Waals surface area (Å²) in [7, 11) is -3.07. The minimum Gasteiger partial charge on any atom is -0.457 e. The Bertz CT molecular complexity index is 1020. The molecule has 0 aliphatic rings. The summed E-state index contributed by atoms with van der Waals surface area (Å²) < 4.78 is 60.7. The summed E-state index contributed by atoms with van der Waals surface area (Å²) in [5.41, 5.74) is 0.782. The van der Waals surface area contributed by atoms with Crippen LogP contribution in [0.1, 0.15) is 17.7 Å². The second-order valence-corrected chi connectivity index (χ2v) is 9.99. The molecule has 28 heavy (non-hydrogen) atoms. The van der Waals surface area contributed by atoms with Gasteiger partial charge < -0.3 is 9.15 Å². The van der Waals surface area contributed by atoms with E-state index >= 15 is 0 Å². The van der Waals surface area contributed by atoms with Gasteiger partial charge in [-0.25, -0.2) is 25.9 Å². The number of rotatable bonds is 9. The molecule has 9 nitrogen and oxygen atoms in total. The minimum atomic E-state index is -3.68. The molecule has 2 aromatic rings. The summed E-state index contributed by atoms with van der Waals surface area (Å²) in [4.78, 5) is 12.0. The fourth-order valence-electron chi connectivity index (χ4n) is 2.18. The molecule has 0 amide bonds. The molecule has 0 aliphatic heterocycles. The molecular weight excluding hydrogens is 408 g/mol. The molecule has 0 atom stereocenters. The van der Waals surface area contributed by atoms with Crippen molar-refractivity contribution in [2.75, 3.05) is 21.1 Å². The van der Waals surface area contributed by atoms with Crippen LogP contribution < -0.4 is 4.72 Å². The van der Waals surface area contributed by atoms with E-state index < -0.39 is 26.0 Å². The summed E-state index contributed by atoms with van der Waals surface area (Å²) in [6.07, 6.45) is 0.457. The van der Waals surface area contributed by atoms with Gasteiger partial charge in [-0.15, -0.1) is 0 Å². The highest BCUT2D eigenvalue weighted by molar-refractivity contribution is 7.89. The van der Waals surface area contributed by atoms with Crippen LogP contribution in [-0.4, -0.2) is 48.3 Å². The molecule has 0 radical (unpaired) electrons. The molecule has 1 aromatic heterocycles. The van der Waals surface area contributed by atoms with Crippen LogP contribution in [-0.2, 0) is 42.6 Å². The van der Waals surface area contributed by atoms with Crippen LogP contribution in [0.3, 0.4) is 0 Å². The minimum absolute atomic E-state index is 0.0850. The maximum atomic E-state index is 11.9. The maximum absolute atomic E-state index is 11.9. The van der Waals surface area contributed by atoms with Gasteiger partial charge in [-0.1, -0.05) is 12.1 Å². The molecule has 154 valence electrons. The number of carbonyl (C=O) groups excluding carboxylic acids is 1. The molecule has 1 heterocycles. The number of aryl methyl sites for hydroxylation is 1. The van der Waals surface area contributed by atoms with E-state index in [1.165, 1.54) is 45.4 Å². The number of furan rings is 1. The Balaban J connectivity index is 1.86. The molecule has 0 saturated heterocycles. The molecular formula is C17H22N2O7S2. The van der Waals surface area contributed by atoms with Crippen LogP contribution in [0.25, 0.3) is 0 Å². The average Bonchev–Trinajstić information content (AvgIpc) is 3.14. The topological polar surface area (TPSA) is 123 Å². The standard InChI is InChI=1S/C17H22N2O7S2/c1-18-27(21,22)15-8-4-13(5-9-15)6-10-16(20)25-12-14-7-11-17(26-14)28(23,24)19(2)3/h4-5,7-9,11,18H,6,10,12H2,1-3H3. The number of hydrogen-bond acceptors (Lipinski definition) is 7. The number of sulfonamides is 2. The van der Waals surface area contributed by atoms with Crippen molar-refractivity contribution in [2.45, 2.75) is 29.4 Å². The number of nitrogens with zero attached hydrogens (tertiary/aromatic N) is 1. The second kappa shape index (κ2) is 8.86. The zero-order valence-electron chi connectivity index (χ0n) is 15.7. The van der Waals surface area contributed by atoms with E-state index in [0.29, 0.717) is 6.42 Å². The predicted molar refractivity (Wildman–Crippen MR) is 100 cm³/mol. The van der Waals surface area contributed by atoms with Crippen molar-refractivity contribution in [3.05, 3.63) is 47.7 Å². The van der Waals surface area contributed by atoms with Crippen LogP contribution >= 0.6 is 0 Å². The average molecular weight is 431 g/mol. The molecule has 1 aromatic carbocycles. The Labute approximate surface area is 164 Å². The fraction of sp³-hybridized carbons (Fsp3) is 0.353. The highest BCUT2D eigenvalue weighted by Crippen LogP contribution is 2.18. The number of hydrogen-bond donors (Lipinski definition) is 1. The lowest BCUT2D eigenvalue weighted by molar-refractivity contribution is -0.145. The quantitative estimate of drug-likeness (QED) is 0.591. The number of carbonyl (C=O) groups is 1. The van der Waals surface area contributed by atoms with Crippen molar-refractivity contribution in [1.29, 1.82) is 0 Å². The Morgan fingerprint density at radius 2 is 1.71 bits per heavy atom. The van der Waals surface area contributed by atoms with Crippen LogP contribution in [0.4, 0.5) is 0 Å². The zero-order valence-corrected chi connectivity index (χ0v) is 17.3. The molecule has 0 spiro atoms. The zero-order chi connectivity index (χ0) is 20.9. The normalized spacial score (nSPS) is 12.3. The van der Waals surface area contributed by atoms with Crippen molar-refractivity contribution in [1.82, 2.24) is 9.03 Å². The van der Waals surface area contributed by atoms with E-state index in [0.717, 1.165) is 9.87 Å². The van der Waals surface area contributed by atoms with E-state index in [1.807, 2.05) is 0 Å². The van der Waals surface area contributed by atoms with E-state index in [4.69, 9.17) is 9.15 Å². The number of nitrogens with one attached hydrogen (secondary N) is 1. The summed E-state index contributed by atoms with van der Waals surface area (Å²) in [6, 6.07) is 8.92. The summed E-state index contributed by atoms with van der Waals surface area (Å²) >= 11 is 0. The third kappa shape index (κ3) is 5.41. The van der Waals surface area contributed by atoms with Crippen molar-refractivity contribution < 1.29 is 30.8 Å². The number of esters is 1. The van der Waals surface area contributed by atoms with Gasteiger partial charge in [0.2, 0.25) is 15.1 Å². The first kappa shape index (κ1) is 22.1. The number of ether oxygens (including phenoxy) is 1. The van der Waals surface area contributed by atoms with Gasteiger partial charge in [-0.05, 0) is 43.3 Å². The van der Waals surface area contributed by atoms with Gasteiger partial charge in [0.05, 0.1) is 4.90 Å². The fourth-order valence-corrected chi connectivity index (χ4v) is 3.72. The lowest BCUT2D eigenvalue weighted by atomic mass is 10.1. The Hall–Kier alpha value is -2.21. The molecule has 0 bridgehead atoms. The molecule has 0 unspecified atom stereocenters. The molecule has 0 aliphatic carbocycles. The Kier molecular flexibility index (Phi) is 6.99. The summed E-state index contributed by atoms with van der Waals surface area (Å²) in [5, 5.41) is -0.222. The van der Waals surface area contributed by atoms with E-state index in [2.05, 4.69) is 4.72 Å². The molecule has 0 fully saturated rings. The van der Waals surface area contributed by atoms with Crippen LogP contribution in [0.5, 0.6) is 0 Å². The van der Waals surface area contributed by atoms with Gasteiger partial charge in [-0.2, -0.15) is 0 Å². The van der Waals surface area contributed by atoms with Gasteiger partial charge >= 0.3 is 5.97 Å². The van der Waals surface area contributed by atoms with Gasteiger partial charge in [0, 0.05) is 20.5 Å². The highest BCUT2D eigenvalue weighted by atomic mass is 32.2. The Morgan fingerprint density at radius 3 is 2.29 bits per heavy atom. The smallest absolute Gasteiger partial charge is 0.306 e. The third-order valence-electron chi connectivity index (χ3n) is 3.87. The lowest BCUT2D eigenvalue weighted by Crippen LogP contribution is -2.21. The lowest BCUT2D eigenvalue weighted by Gasteiger charge is -2.08. The van der Waals surface area contributed by atoms with Crippen molar-refractivity contribution in [3.8, 4) is 0 Å². The van der Waals surface area contributed by atoms with Gasteiger partial charge in [0.15, 0.2) is 0 Å². The first-order valence-corrected chi connectivity index (χ1v) is 11.2. The van der Waals surface area contributed by atoms with Gasteiger partial charge in [-0.3, -0.25) is 4.79 Å². The monoisotopic (exact) mass is 430 g/mol. The van der Waals surface area contributed by atoms with Gasteiger partial charge in [0.25, 0.3) is 10.0 Å². The van der Waals surface area contributed by atoms with Gasteiger partial charge in [0.1, 0.15) is 12.4 Å². The maximum Gasteiger partial charge on any atom is 0.306 e. The van der Waals surface area contributed by atoms with E-state index in [9.17, 15) is 21.6 Å². The van der Waals surface area contributed by atoms with Crippen LogP contribution in [0.2, 0.25) is 0 Å². The first-order valence-electron chi connectivity index (χ1n) is 8.25. The predicted octanol–water partition coefficient (Wildman–Crippen LogP) is 1.11. The SMILES string of the molecule is CNS(=O)(=O)c1ccc(CCC(=O)OCc2ccc(S(=O)(=O)N(C)C)o2)cc1. The largest absolute Gasteiger partial charge is 0.457 e. The van der Waals surface area contributed by atoms with E-state index in [1.54, 1.807) is 12.1 Å². The van der Waals surface area contributed by atoms with Crippen molar-refractivity contribution >= 4 is 26.0 Å². The summed E-state index contributed by atoms with van der Waals surface area (Å²) in [6.45, 7) is -0.179. The first-order chi connectivity index (χ1) is 13.1. The van der Waals surface area contributed by atoms with E-state index in [-0.39, 0.29) is 28.8 Å². The van der Waals surface area contributed by atoms with Crippen molar-refractivity contribution in [3.63, 3.8) is 0 Å². The highest BCUT2D eigenvalue weighted by Gasteiger charge is 2.21. The summed E-state index contributed by atoms with van der Waals surface area (Å²) in [5.74, 6) is -0.268. The second-order valence-electron chi connectivity index (χ2n) is 6.02. The van der Waals surface area contributed by atoms with Crippen LogP contribution in [0, 0.1) is 0 Å². The van der Waals surface area contributed by atoms with Crippen molar-refractivity contribution in [2.24, 2.45) is 0 Å². The Morgan fingerprint density at radius 1 is 1.07 bits per heavy atom. The third-order valence-corrected chi connectivity index (χ3v) is 6.99. The van der Waals surface area contributed by atoms with Crippen LogP contribution in [0.15, 0.2) is 50.8 Å². The molecule has 1 N–H and O–H groups in total. The molecule has 11 heteroatoms. The number of benzene rings is 1. The molecule has 0 saturated carbocycles. The molecule has 2 rings (SSSR count).